The van der Waals surface area contributed by atoms with Crippen LogP contribution in [-0.4, -0.2) is 33.0 Å². The van der Waals surface area contributed by atoms with Crippen molar-refractivity contribution in [3.8, 4) is 0 Å². The number of aryl methyl sites for hydroxylation is 1. The number of nitrogens with zero attached hydrogens (tertiary/aromatic N) is 3. The average molecular weight is 196 g/mol. The van der Waals surface area contributed by atoms with Gasteiger partial charge >= 0.3 is 0 Å². The molecule has 2 rings (SSSR count). The van der Waals surface area contributed by atoms with Gasteiger partial charge in [0.05, 0.1) is 0 Å². The third kappa shape index (κ3) is 1.53. The van der Waals surface area contributed by atoms with E-state index in [9.17, 15) is 5.11 Å². The van der Waals surface area contributed by atoms with E-state index < -0.39 is 6.10 Å². The van der Waals surface area contributed by atoms with Gasteiger partial charge in [-0.3, -0.25) is 0 Å². The summed E-state index contributed by atoms with van der Waals surface area (Å²) in [4.78, 5) is 0. The highest BCUT2D eigenvalue weighted by atomic mass is 16.3. The minimum Gasteiger partial charge on any atom is -0.385 e. The summed E-state index contributed by atoms with van der Waals surface area (Å²) in [6, 6.07) is 0. The highest BCUT2D eigenvalue weighted by Gasteiger charge is 2.27. The molecule has 5 heteroatoms. The number of aliphatic hydroxyl groups is 1. The number of aromatic nitrogens is 3. The van der Waals surface area contributed by atoms with E-state index in [4.69, 9.17) is 0 Å². The molecule has 1 aliphatic rings. The van der Waals surface area contributed by atoms with Gasteiger partial charge in [0.1, 0.15) is 11.9 Å². The largest absolute Gasteiger partial charge is 0.385 e. The Kier molecular flexibility index (Phi) is 2.52. The summed E-state index contributed by atoms with van der Waals surface area (Å²) >= 11 is 0. The predicted octanol–water partition coefficient (Wildman–Crippen LogP) is -0.234. The Morgan fingerprint density at radius 3 is 2.86 bits per heavy atom. The molecule has 78 valence electrons. The van der Waals surface area contributed by atoms with Crippen LogP contribution >= 0.6 is 0 Å². The zero-order valence-corrected chi connectivity index (χ0v) is 8.56. The first-order chi connectivity index (χ1) is 6.70. The Balaban J connectivity index is 2.17. The second-order valence-electron chi connectivity index (χ2n) is 3.86. The Hall–Kier alpha value is -0.940. The van der Waals surface area contributed by atoms with Gasteiger partial charge in [0.25, 0.3) is 0 Å². The molecule has 1 unspecified atom stereocenters. The molecular formula is C9H16N4O. The highest BCUT2D eigenvalue weighted by Crippen LogP contribution is 2.24. The second-order valence-corrected chi connectivity index (χ2v) is 3.86. The second kappa shape index (κ2) is 3.67. The molecule has 0 saturated carbocycles. The molecule has 0 radical (unpaired) electrons. The molecular weight excluding hydrogens is 180 g/mol. The van der Waals surface area contributed by atoms with Crippen LogP contribution in [0.15, 0.2) is 0 Å². The van der Waals surface area contributed by atoms with Gasteiger partial charge in [0.15, 0.2) is 5.82 Å². The van der Waals surface area contributed by atoms with Crippen LogP contribution in [0.5, 0.6) is 0 Å². The maximum absolute atomic E-state index is 10.1. The van der Waals surface area contributed by atoms with Crippen LogP contribution in [0.4, 0.5) is 0 Å². The molecule has 0 aliphatic carbocycles. The van der Waals surface area contributed by atoms with E-state index in [2.05, 4.69) is 15.5 Å². The van der Waals surface area contributed by atoms with Crippen LogP contribution < -0.4 is 5.32 Å². The van der Waals surface area contributed by atoms with E-state index in [1.807, 2.05) is 18.5 Å². The lowest BCUT2D eigenvalue weighted by atomic mass is 10.0. The Labute approximate surface area is 83.2 Å². The smallest absolute Gasteiger partial charge is 0.162 e. The molecule has 1 fully saturated rings. The first-order valence-corrected chi connectivity index (χ1v) is 4.95. The molecule has 1 aromatic rings. The molecule has 0 bridgehead atoms. The molecule has 0 amide bonds. The van der Waals surface area contributed by atoms with Gasteiger partial charge in [-0.15, -0.1) is 10.2 Å². The number of hydrogen-bond acceptors (Lipinski definition) is 4. The van der Waals surface area contributed by atoms with E-state index in [0.717, 1.165) is 25.3 Å². The lowest BCUT2D eigenvalue weighted by molar-refractivity contribution is 0.106. The quantitative estimate of drug-likeness (QED) is 0.685. The zero-order chi connectivity index (χ0) is 10.1. The summed E-state index contributed by atoms with van der Waals surface area (Å²) in [6.07, 6.45) is 0.517. The molecule has 1 saturated heterocycles. The van der Waals surface area contributed by atoms with Crippen molar-refractivity contribution in [2.24, 2.45) is 13.0 Å². The van der Waals surface area contributed by atoms with Crippen molar-refractivity contribution in [2.45, 2.75) is 19.4 Å². The molecule has 1 aromatic heterocycles. The Bertz CT molecular complexity index is 317. The third-order valence-corrected chi connectivity index (χ3v) is 2.94. The number of rotatable bonds is 2. The zero-order valence-electron chi connectivity index (χ0n) is 8.56. The fourth-order valence-corrected chi connectivity index (χ4v) is 1.84. The van der Waals surface area contributed by atoms with E-state index in [-0.39, 0.29) is 5.92 Å². The summed E-state index contributed by atoms with van der Waals surface area (Å²) in [5.41, 5.74) is 0. The van der Waals surface area contributed by atoms with Crippen molar-refractivity contribution >= 4 is 0 Å². The van der Waals surface area contributed by atoms with E-state index in [1.165, 1.54) is 0 Å². The van der Waals surface area contributed by atoms with Gasteiger partial charge in [-0.2, -0.15) is 0 Å². The molecule has 0 aromatic carbocycles. The number of nitrogens with one attached hydrogen (secondary N) is 1. The summed E-state index contributed by atoms with van der Waals surface area (Å²) in [6.45, 7) is 3.74. The topological polar surface area (TPSA) is 63.0 Å². The number of hydrogen-bond donors (Lipinski definition) is 2. The van der Waals surface area contributed by atoms with Crippen molar-refractivity contribution in [3.05, 3.63) is 11.6 Å². The normalized spacial score (nSPS) is 24.1. The van der Waals surface area contributed by atoms with Crippen molar-refractivity contribution in [1.82, 2.24) is 20.1 Å². The van der Waals surface area contributed by atoms with Gasteiger partial charge in [-0.05, 0) is 19.9 Å². The fraction of sp³-hybridized carbons (Fsp3) is 0.778. The van der Waals surface area contributed by atoms with Crippen molar-refractivity contribution < 1.29 is 5.11 Å². The third-order valence-electron chi connectivity index (χ3n) is 2.94. The summed E-state index contributed by atoms with van der Waals surface area (Å²) in [5.74, 6) is 1.79. The van der Waals surface area contributed by atoms with Gasteiger partial charge < -0.3 is 15.0 Å². The maximum atomic E-state index is 10.1. The first-order valence-electron chi connectivity index (χ1n) is 4.95. The van der Waals surface area contributed by atoms with Gasteiger partial charge in [-0.1, -0.05) is 0 Å². The van der Waals surface area contributed by atoms with Crippen LogP contribution in [0.3, 0.4) is 0 Å². The minimum atomic E-state index is -0.490. The Morgan fingerprint density at radius 2 is 2.36 bits per heavy atom. The van der Waals surface area contributed by atoms with Crippen LogP contribution in [0.1, 0.15) is 24.2 Å². The van der Waals surface area contributed by atoms with Crippen LogP contribution in [0, 0.1) is 12.8 Å². The van der Waals surface area contributed by atoms with Crippen LogP contribution in [0.2, 0.25) is 0 Å². The van der Waals surface area contributed by atoms with Crippen LogP contribution in [-0.2, 0) is 7.05 Å². The maximum Gasteiger partial charge on any atom is 0.162 e. The monoisotopic (exact) mass is 196 g/mol. The standard InChI is InChI=1S/C9H16N4O/c1-6-11-12-9(13(6)2)8(14)7-3-4-10-5-7/h7-8,10,14H,3-5H2,1-2H3/t7-,8?/m0/s1. The molecule has 5 nitrogen and oxygen atoms in total. The van der Waals surface area contributed by atoms with Gasteiger partial charge in [0.2, 0.25) is 0 Å². The molecule has 2 N–H and O–H groups in total. The minimum absolute atomic E-state index is 0.275. The number of aliphatic hydroxyl groups excluding tert-OH is 1. The summed E-state index contributed by atoms with van der Waals surface area (Å²) in [5, 5.41) is 21.2. The molecule has 14 heavy (non-hydrogen) atoms. The summed E-state index contributed by atoms with van der Waals surface area (Å²) < 4.78 is 1.85. The summed E-state index contributed by atoms with van der Waals surface area (Å²) in [7, 11) is 1.89. The molecule has 1 aliphatic heterocycles. The highest BCUT2D eigenvalue weighted by molar-refractivity contribution is 4.99. The van der Waals surface area contributed by atoms with Gasteiger partial charge in [0, 0.05) is 19.5 Å². The van der Waals surface area contributed by atoms with Crippen molar-refractivity contribution in [1.29, 1.82) is 0 Å². The lowest BCUT2D eigenvalue weighted by Gasteiger charge is -2.15. The molecule has 2 atom stereocenters. The predicted molar refractivity (Wildman–Crippen MR) is 51.7 cm³/mol. The molecule has 2 heterocycles. The fourth-order valence-electron chi connectivity index (χ4n) is 1.84. The van der Waals surface area contributed by atoms with Crippen LogP contribution in [0.25, 0.3) is 0 Å². The average Bonchev–Trinajstić information content (AvgIpc) is 2.77. The lowest BCUT2D eigenvalue weighted by Crippen LogP contribution is -2.19. The van der Waals surface area contributed by atoms with E-state index >= 15 is 0 Å². The van der Waals surface area contributed by atoms with E-state index in [0.29, 0.717) is 5.82 Å². The first kappa shape index (κ1) is 9.61. The van der Waals surface area contributed by atoms with Gasteiger partial charge in [-0.25, -0.2) is 0 Å². The SMILES string of the molecule is Cc1nnc(C(O)[C@H]2CCNC2)n1C. The molecule has 0 spiro atoms. The Morgan fingerprint density at radius 1 is 1.57 bits per heavy atom. The van der Waals surface area contributed by atoms with E-state index in [1.54, 1.807) is 0 Å². The van der Waals surface area contributed by atoms with Crippen molar-refractivity contribution in [2.75, 3.05) is 13.1 Å². The van der Waals surface area contributed by atoms with Crippen molar-refractivity contribution in [3.63, 3.8) is 0 Å².